The quantitative estimate of drug-likeness (QED) is 0.664. The van der Waals surface area contributed by atoms with Gasteiger partial charge in [-0.15, -0.1) is 20.4 Å². The van der Waals surface area contributed by atoms with E-state index in [0.29, 0.717) is 28.6 Å². The van der Waals surface area contributed by atoms with Crippen LogP contribution in [0.15, 0.2) is 40.2 Å². The third-order valence-corrected chi connectivity index (χ3v) is 4.56. The van der Waals surface area contributed by atoms with E-state index in [2.05, 4.69) is 25.0 Å². The van der Waals surface area contributed by atoms with E-state index in [1.165, 1.54) is 12.8 Å². The average molecular weight is 334 g/mol. The van der Waals surface area contributed by atoms with Gasteiger partial charge in [-0.05, 0) is 37.1 Å². The lowest BCUT2D eigenvalue weighted by molar-refractivity contribution is 0.528. The monoisotopic (exact) mass is 333 g/mol. The lowest BCUT2D eigenvalue weighted by Gasteiger charge is -2.01. The molecular formula is C14H12ClN5OS. The molecule has 1 aromatic carbocycles. The van der Waals surface area contributed by atoms with Crippen molar-refractivity contribution in [2.75, 3.05) is 0 Å². The smallest absolute Gasteiger partial charge is 0.247 e. The molecule has 2 heterocycles. The molecule has 0 N–H and O–H groups in total. The maximum atomic E-state index is 5.87. The zero-order chi connectivity index (χ0) is 14.9. The van der Waals surface area contributed by atoms with Crippen molar-refractivity contribution in [1.29, 1.82) is 0 Å². The summed E-state index contributed by atoms with van der Waals surface area (Å²) in [5, 5.41) is 17.8. The van der Waals surface area contributed by atoms with Crippen molar-refractivity contribution in [2.24, 2.45) is 0 Å². The maximum Gasteiger partial charge on any atom is 0.247 e. The molecule has 8 heteroatoms. The molecule has 0 saturated heterocycles. The van der Waals surface area contributed by atoms with Crippen molar-refractivity contribution in [1.82, 2.24) is 25.0 Å². The van der Waals surface area contributed by atoms with Crippen LogP contribution in [0.3, 0.4) is 0 Å². The van der Waals surface area contributed by atoms with Crippen LogP contribution in [0.4, 0.5) is 0 Å². The fourth-order valence-corrected chi connectivity index (χ4v) is 3.03. The summed E-state index contributed by atoms with van der Waals surface area (Å²) in [5.41, 5.74) is 0.856. The van der Waals surface area contributed by atoms with Gasteiger partial charge in [0, 0.05) is 16.6 Å². The molecule has 2 aromatic heterocycles. The topological polar surface area (TPSA) is 69.6 Å². The van der Waals surface area contributed by atoms with Gasteiger partial charge in [-0.2, -0.15) is 0 Å². The van der Waals surface area contributed by atoms with Gasteiger partial charge < -0.3 is 8.98 Å². The van der Waals surface area contributed by atoms with Crippen molar-refractivity contribution >= 4 is 23.4 Å². The Morgan fingerprint density at radius 2 is 2.00 bits per heavy atom. The number of thioether (sulfide) groups is 1. The molecule has 0 aliphatic heterocycles. The van der Waals surface area contributed by atoms with Gasteiger partial charge in [0.1, 0.15) is 6.33 Å². The lowest BCUT2D eigenvalue weighted by atomic mass is 10.2. The Labute approximate surface area is 135 Å². The van der Waals surface area contributed by atoms with Crippen LogP contribution in [0.2, 0.25) is 5.02 Å². The third kappa shape index (κ3) is 2.86. The number of hydrogen-bond donors (Lipinski definition) is 0. The van der Waals surface area contributed by atoms with Crippen LogP contribution >= 0.6 is 23.4 Å². The van der Waals surface area contributed by atoms with Crippen LogP contribution in [-0.4, -0.2) is 25.0 Å². The van der Waals surface area contributed by atoms with E-state index in [1.807, 2.05) is 12.1 Å². The first kappa shape index (κ1) is 13.8. The molecule has 0 unspecified atom stereocenters. The zero-order valence-electron chi connectivity index (χ0n) is 11.5. The Morgan fingerprint density at radius 1 is 1.18 bits per heavy atom. The Kier molecular flexibility index (Phi) is 3.59. The van der Waals surface area contributed by atoms with Crippen LogP contribution in [0.1, 0.15) is 24.8 Å². The molecule has 1 fully saturated rings. The van der Waals surface area contributed by atoms with E-state index >= 15 is 0 Å². The van der Waals surface area contributed by atoms with Gasteiger partial charge in [-0.3, -0.25) is 0 Å². The molecule has 0 amide bonds. The van der Waals surface area contributed by atoms with E-state index in [9.17, 15) is 0 Å². The number of aromatic nitrogens is 5. The number of halogens is 1. The van der Waals surface area contributed by atoms with E-state index in [-0.39, 0.29) is 0 Å². The summed E-state index contributed by atoms with van der Waals surface area (Å²) >= 11 is 7.43. The SMILES string of the molecule is Clc1ccc(-c2nnc(CSc3nncn3C3CC3)o2)cc1. The van der Waals surface area contributed by atoms with E-state index in [4.69, 9.17) is 16.0 Å². The van der Waals surface area contributed by atoms with Crippen LogP contribution in [-0.2, 0) is 5.75 Å². The minimum atomic E-state index is 0.496. The largest absolute Gasteiger partial charge is 0.420 e. The molecule has 4 rings (SSSR count). The van der Waals surface area contributed by atoms with Crippen molar-refractivity contribution in [3.8, 4) is 11.5 Å². The predicted octanol–water partition coefficient (Wildman–Crippen LogP) is 3.61. The summed E-state index contributed by atoms with van der Waals surface area (Å²) in [6, 6.07) is 7.87. The normalized spacial score (nSPS) is 14.4. The van der Waals surface area contributed by atoms with Gasteiger partial charge in [-0.1, -0.05) is 23.4 Å². The van der Waals surface area contributed by atoms with Gasteiger partial charge in [0.2, 0.25) is 11.8 Å². The Hall–Kier alpha value is -1.86. The summed E-state index contributed by atoms with van der Waals surface area (Å²) < 4.78 is 7.79. The molecule has 112 valence electrons. The highest BCUT2D eigenvalue weighted by molar-refractivity contribution is 7.98. The first-order valence-electron chi connectivity index (χ1n) is 6.90. The molecular weight excluding hydrogens is 322 g/mol. The number of rotatable bonds is 5. The van der Waals surface area contributed by atoms with Crippen molar-refractivity contribution in [3.05, 3.63) is 41.5 Å². The van der Waals surface area contributed by atoms with Crippen LogP contribution in [0.5, 0.6) is 0 Å². The Balaban J connectivity index is 1.45. The molecule has 0 spiro atoms. The van der Waals surface area contributed by atoms with Crippen molar-refractivity contribution in [3.63, 3.8) is 0 Å². The summed E-state index contributed by atoms with van der Waals surface area (Å²) in [4.78, 5) is 0. The highest BCUT2D eigenvalue weighted by atomic mass is 35.5. The fourth-order valence-electron chi connectivity index (χ4n) is 2.09. The molecule has 6 nitrogen and oxygen atoms in total. The van der Waals surface area contributed by atoms with Gasteiger partial charge >= 0.3 is 0 Å². The second kappa shape index (κ2) is 5.73. The van der Waals surface area contributed by atoms with Crippen molar-refractivity contribution in [2.45, 2.75) is 29.8 Å². The zero-order valence-corrected chi connectivity index (χ0v) is 13.1. The summed E-state index contributed by atoms with van der Waals surface area (Å²) in [6.45, 7) is 0. The molecule has 1 saturated carbocycles. The molecule has 1 aliphatic carbocycles. The van der Waals surface area contributed by atoms with Crippen molar-refractivity contribution < 1.29 is 4.42 Å². The average Bonchev–Trinajstić information content (AvgIpc) is 3.09. The number of hydrogen-bond acceptors (Lipinski definition) is 6. The molecule has 22 heavy (non-hydrogen) atoms. The Morgan fingerprint density at radius 3 is 2.77 bits per heavy atom. The number of nitrogens with zero attached hydrogens (tertiary/aromatic N) is 5. The van der Waals surface area contributed by atoms with Crippen LogP contribution in [0.25, 0.3) is 11.5 Å². The Bertz CT molecular complexity index is 781. The molecule has 0 radical (unpaired) electrons. The van der Waals surface area contributed by atoms with Gasteiger partial charge in [-0.25, -0.2) is 0 Å². The summed E-state index contributed by atoms with van der Waals surface area (Å²) in [6.07, 6.45) is 4.19. The molecule has 3 aromatic rings. The first-order valence-corrected chi connectivity index (χ1v) is 8.26. The third-order valence-electron chi connectivity index (χ3n) is 3.36. The predicted molar refractivity (Wildman–Crippen MR) is 82.6 cm³/mol. The number of benzene rings is 1. The minimum absolute atomic E-state index is 0.496. The summed E-state index contributed by atoms with van der Waals surface area (Å²) in [5.74, 6) is 1.64. The maximum absolute atomic E-state index is 5.87. The second-order valence-electron chi connectivity index (χ2n) is 5.05. The highest BCUT2D eigenvalue weighted by Gasteiger charge is 2.26. The van der Waals surface area contributed by atoms with E-state index in [1.54, 1.807) is 30.2 Å². The first-order chi connectivity index (χ1) is 10.8. The highest BCUT2D eigenvalue weighted by Crippen LogP contribution is 2.37. The van der Waals surface area contributed by atoms with E-state index in [0.717, 1.165) is 10.7 Å². The van der Waals surface area contributed by atoms with E-state index < -0.39 is 0 Å². The molecule has 1 aliphatic rings. The van der Waals surface area contributed by atoms with Gasteiger partial charge in [0.25, 0.3) is 0 Å². The molecule has 0 bridgehead atoms. The van der Waals surface area contributed by atoms with Crippen LogP contribution < -0.4 is 0 Å². The standard InChI is InChI=1S/C14H12ClN5OS/c15-10-3-1-9(2-4-10)13-18-17-12(21-13)7-22-14-19-16-8-20(14)11-5-6-11/h1-4,8,11H,5-7H2. The van der Waals surface area contributed by atoms with Gasteiger partial charge in [0.15, 0.2) is 5.16 Å². The lowest BCUT2D eigenvalue weighted by Crippen LogP contribution is -1.94. The molecule has 0 atom stereocenters. The minimum Gasteiger partial charge on any atom is -0.420 e. The summed E-state index contributed by atoms with van der Waals surface area (Å²) in [7, 11) is 0. The fraction of sp³-hybridized carbons (Fsp3) is 0.286. The van der Waals surface area contributed by atoms with Crippen LogP contribution in [0, 0.1) is 0 Å². The van der Waals surface area contributed by atoms with Gasteiger partial charge in [0.05, 0.1) is 5.75 Å². The second-order valence-corrected chi connectivity index (χ2v) is 6.43.